The lowest BCUT2D eigenvalue weighted by Gasteiger charge is -2.43. The van der Waals surface area contributed by atoms with Crippen LogP contribution in [0.4, 0.5) is 0 Å². The molecule has 1 amide bonds. The molecule has 24 heavy (non-hydrogen) atoms. The summed E-state index contributed by atoms with van der Waals surface area (Å²) >= 11 is 0. The lowest BCUT2D eigenvalue weighted by atomic mass is 10.0. The molecule has 1 aromatic heterocycles. The van der Waals surface area contributed by atoms with Gasteiger partial charge in [-0.3, -0.25) is 14.7 Å². The average molecular weight is 331 g/mol. The molecule has 0 N–H and O–H groups in total. The van der Waals surface area contributed by atoms with Crippen molar-refractivity contribution in [3.8, 4) is 0 Å². The van der Waals surface area contributed by atoms with Crippen molar-refractivity contribution < 1.29 is 14.3 Å². The van der Waals surface area contributed by atoms with E-state index in [1.165, 1.54) is 0 Å². The van der Waals surface area contributed by atoms with Gasteiger partial charge in [0.05, 0.1) is 31.9 Å². The van der Waals surface area contributed by atoms with E-state index in [-0.39, 0.29) is 5.91 Å². The molecule has 2 aliphatic heterocycles. The molecule has 3 rings (SSSR count). The van der Waals surface area contributed by atoms with Crippen LogP contribution in [0.3, 0.4) is 0 Å². The fourth-order valence-corrected chi connectivity index (χ4v) is 3.30. The van der Waals surface area contributed by atoms with Crippen LogP contribution in [0.5, 0.6) is 0 Å². The first kappa shape index (κ1) is 17.1. The van der Waals surface area contributed by atoms with Gasteiger partial charge in [-0.25, -0.2) is 0 Å². The summed E-state index contributed by atoms with van der Waals surface area (Å²) < 4.78 is 11.9. The Labute approximate surface area is 143 Å². The summed E-state index contributed by atoms with van der Waals surface area (Å²) in [4.78, 5) is 21.1. The zero-order valence-corrected chi connectivity index (χ0v) is 14.2. The monoisotopic (exact) mass is 331 g/mol. The maximum absolute atomic E-state index is 12.8. The van der Waals surface area contributed by atoms with Crippen molar-refractivity contribution in [2.24, 2.45) is 0 Å². The number of ether oxygens (including phenoxy) is 2. The van der Waals surface area contributed by atoms with Gasteiger partial charge >= 0.3 is 0 Å². The Morgan fingerprint density at radius 3 is 3.00 bits per heavy atom. The molecular formula is C18H25N3O3. The second-order valence-corrected chi connectivity index (χ2v) is 6.52. The molecule has 2 aliphatic rings. The molecule has 0 aliphatic carbocycles. The zero-order chi connectivity index (χ0) is 17.0. The van der Waals surface area contributed by atoms with E-state index >= 15 is 0 Å². The maximum Gasteiger partial charge on any atom is 0.255 e. The summed E-state index contributed by atoms with van der Waals surface area (Å²) in [5.41, 5.74) is 1.06. The number of rotatable bonds is 3. The standard InChI is InChI=1S/C18H25N3O3/c1-3-6-20-7-9-23-14-18(12-20)13-21(8-10-24-18)17(22)16-5-4-15(2)19-11-16/h3-5,11H,1,6-10,12-14H2,2H3. The highest BCUT2D eigenvalue weighted by Crippen LogP contribution is 2.23. The van der Waals surface area contributed by atoms with Crippen LogP contribution in [-0.2, 0) is 9.47 Å². The van der Waals surface area contributed by atoms with Crippen molar-refractivity contribution in [3.05, 3.63) is 42.2 Å². The van der Waals surface area contributed by atoms with Crippen LogP contribution in [0.1, 0.15) is 16.1 Å². The summed E-state index contributed by atoms with van der Waals surface area (Å²) in [7, 11) is 0. The predicted molar refractivity (Wildman–Crippen MR) is 91.0 cm³/mol. The van der Waals surface area contributed by atoms with Crippen molar-refractivity contribution in [3.63, 3.8) is 0 Å². The van der Waals surface area contributed by atoms with E-state index in [0.29, 0.717) is 38.5 Å². The van der Waals surface area contributed by atoms with Crippen LogP contribution in [0.15, 0.2) is 31.0 Å². The maximum atomic E-state index is 12.8. The number of carbonyl (C=O) groups is 1. The molecular weight excluding hydrogens is 306 g/mol. The number of aromatic nitrogens is 1. The second kappa shape index (κ2) is 7.42. The number of pyridine rings is 1. The Morgan fingerprint density at radius 1 is 1.38 bits per heavy atom. The minimum Gasteiger partial charge on any atom is -0.377 e. The van der Waals surface area contributed by atoms with Crippen LogP contribution in [0.25, 0.3) is 0 Å². The van der Waals surface area contributed by atoms with E-state index in [2.05, 4.69) is 16.5 Å². The predicted octanol–water partition coefficient (Wildman–Crippen LogP) is 1.12. The number of morpholine rings is 1. The highest BCUT2D eigenvalue weighted by molar-refractivity contribution is 5.94. The first-order valence-electron chi connectivity index (χ1n) is 8.39. The molecule has 2 saturated heterocycles. The number of amides is 1. The summed E-state index contributed by atoms with van der Waals surface area (Å²) in [5, 5.41) is 0. The molecule has 6 heteroatoms. The fourth-order valence-electron chi connectivity index (χ4n) is 3.30. The molecule has 1 unspecified atom stereocenters. The molecule has 0 aromatic carbocycles. The van der Waals surface area contributed by atoms with Gasteiger partial charge in [0.1, 0.15) is 5.60 Å². The van der Waals surface area contributed by atoms with E-state index < -0.39 is 5.60 Å². The van der Waals surface area contributed by atoms with Gasteiger partial charge in [-0.05, 0) is 19.1 Å². The van der Waals surface area contributed by atoms with Gasteiger partial charge < -0.3 is 14.4 Å². The SMILES string of the molecule is C=CCN1CCOCC2(C1)CN(C(=O)c1ccc(C)nc1)CCO2. The Balaban J connectivity index is 1.73. The van der Waals surface area contributed by atoms with Crippen molar-refractivity contribution in [2.45, 2.75) is 12.5 Å². The molecule has 0 radical (unpaired) electrons. The van der Waals surface area contributed by atoms with E-state index in [9.17, 15) is 4.79 Å². The summed E-state index contributed by atoms with van der Waals surface area (Å²) in [6.07, 6.45) is 3.54. The Morgan fingerprint density at radius 2 is 2.25 bits per heavy atom. The first-order valence-corrected chi connectivity index (χ1v) is 8.39. The molecule has 3 heterocycles. The first-order chi connectivity index (χ1) is 11.6. The Bertz CT molecular complexity index is 590. The number of carbonyl (C=O) groups excluding carboxylic acids is 1. The molecule has 130 valence electrons. The smallest absolute Gasteiger partial charge is 0.255 e. The van der Waals surface area contributed by atoms with E-state index in [4.69, 9.17) is 9.47 Å². The van der Waals surface area contributed by atoms with Gasteiger partial charge in [-0.2, -0.15) is 0 Å². The van der Waals surface area contributed by atoms with E-state index in [1.54, 1.807) is 6.20 Å². The Kier molecular flexibility index (Phi) is 5.28. The molecule has 2 fully saturated rings. The van der Waals surface area contributed by atoms with E-state index in [0.717, 1.165) is 25.3 Å². The molecule has 6 nitrogen and oxygen atoms in total. The van der Waals surface area contributed by atoms with Gasteiger partial charge in [-0.15, -0.1) is 6.58 Å². The minimum atomic E-state index is -0.467. The second-order valence-electron chi connectivity index (χ2n) is 6.52. The fraction of sp³-hybridized carbons (Fsp3) is 0.556. The van der Waals surface area contributed by atoms with Crippen LogP contribution in [0.2, 0.25) is 0 Å². The average Bonchev–Trinajstić information content (AvgIpc) is 2.77. The third kappa shape index (κ3) is 3.83. The van der Waals surface area contributed by atoms with Crippen LogP contribution in [-0.4, -0.2) is 78.8 Å². The lowest BCUT2D eigenvalue weighted by Crippen LogP contribution is -2.59. The topological polar surface area (TPSA) is 54.9 Å². The number of hydrogen-bond acceptors (Lipinski definition) is 5. The van der Waals surface area contributed by atoms with Crippen molar-refractivity contribution in [2.75, 3.05) is 52.5 Å². The highest BCUT2D eigenvalue weighted by atomic mass is 16.5. The minimum absolute atomic E-state index is 0.00435. The Hall–Kier alpha value is -1.76. The third-order valence-electron chi connectivity index (χ3n) is 4.51. The quantitative estimate of drug-likeness (QED) is 0.777. The van der Waals surface area contributed by atoms with Gasteiger partial charge in [0, 0.05) is 38.1 Å². The molecule has 0 saturated carbocycles. The van der Waals surface area contributed by atoms with Gasteiger partial charge in [-0.1, -0.05) is 6.08 Å². The van der Waals surface area contributed by atoms with Gasteiger partial charge in [0.25, 0.3) is 5.91 Å². The normalized spacial score (nSPS) is 25.5. The van der Waals surface area contributed by atoms with Gasteiger partial charge in [0.15, 0.2) is 0 Å². The molecule has 1 aromatic rings. The number of aryl methyl sites for hydroxylation is 1. The van der Waals surface area contributed by atoms with Crippen LogP contribution >= 0.6 is 0 Å². The van der Waals surface area contributed by atoms with Crippen molar-refractivity contribution in [1.29, 1.82) is 0 Å². The molecule has 0 bridgehead atoms. The molecule has 1 spiro atoms. The summed E-state index contributed by atoms with van der Waals surface area (Å²) in [5.74, 6) is 0.00435. The van der Waals surface area contributed by atoms with Crippen LogP contribution in [0, 0.1) is 6.92 Å². The zero-order valence-electron chi connectivity index (χ0n) is 14.2. The largest absolute Gasteiger partial charge is 0.377 e. The van der Waals surface area contributed by atoms with Crippen molar-refractivity contribution >= 4 is 5.91 Å². The highest BCUT2D eigenvalue weighted by Gasteiger charge is 2.41. The lowest BCUT2D eigenvalue weighted by molar-refractivity contribution is -0.132. The number of nitrogens with zero attached hydrogens (tertiary/aromatic N) is 3. The number of hydrogen-bond donors (Lipinski definition) is 0. The third-order valence-corrected chi connectivity index (χ3v) is 4.51. The van der Waals surface area contributed by atoms with Crippen LogP contribution < -0.4 is 0 Å². The van der Waals surface area contributed by atoms with Gasteiger partial charge in [0.2, 0.25) is 0 Å². The van der Waals surface area contributed by atoms with Crippen molar-refractivity contribution in [1.82, 2.24) is 14.8 Å². The summed E-state index contributed by atoms with van der Waals surface area (Å²) in [6.45, 7) is 11.0. The summed E-state index contributed by atoms with van der Waals surface area (Å²) in [6, 6.07) is 3.70. The van der Waals surface area contributed by atoms with E-state index in [1.807, 2.05) is 30.0 Å². The molecule has 1 atom stereocenters.